The van der Waals surface area contributed by atoms with Crippen LogP contribution in [0.1, 0.15) is 34.5 Å². The smallest absolute Gasteiger partial charge is 0.416 e. The first-order valence-corrected chi connectivity index (χ1v) is 14.4. The first-order valence-electron chi connectivity index (χ1n) is 12.8. The summed E-state index contributed by atoms with van der Waals surface area (Å²) in [6.07, 6.45) is -5.02. The fourth-order valence-corrected chi connectivity index (χ4v) is 5.38. The van der Waals surface area contributed by atoms with E-state index in [-0.39, 0.29) is 16.4 Å². The van der Waals surface area contributed by atoms with Gasteiger partial charge < -0.3 is 20.1 Å². The molecule has 1 amide bonds. The third-order valence-corrected chi connectivity index (χ3v) is 8.66. The van der Waals surface area contributed by atoms with Crippen LogP contribution in [0, 0.1) is 17.2 Å². The number of benzene rings is 3. The SMILES string of the molecule is CCS(=O)(=O)c1ccc([C@H](CO)NC(=O)c2ccc(N3CC(C#N)C(Oc4ccc(C(F)(F)F)cc4)C3)cc2)cc1. The van der Waals surface area contributed by atoms with E-state index in [1.165, 1.54) is 24.3 Å². The summed E-state index contributed by atoms with van der Waals surface area (Å²) in [6.45, 7) is 1.81. The number of ether oxygens (including phenoxy) is 1. The number of carbonyl (C=O) groups excluding carboxylic acids is 1. The van der Waals surface area contributed by atoms with Crippen molar-refractivity contribution in [2.24, 2.45) is 5.92 Å². The Morgan fingerprint density at radius 2 is 1.71 bits per heavy atom. The molecular formula is C29H28F3N3O5S. The topological polar surface area (TPSA) is 120 Å². The van der Waals surface area contributed by atoms with E-state index in [0.29, 0.717) is 24.2 Å². The van der Waals surface area contributed by atoms with E-state index in [2.05, 4.69) is 11.4 Å². The number of nitriles is 1. The van der Waals surface area contributed by atoms with E-state index in [1.807, 2.05) is 4.90 Å². The second-order valence-corrected chi connectivity index (χ2v) is 11.8. The van der Waals surface area contributed by atoms with E-state index in [1.54, 1.807) is 43.3 Å². The quantitative estimate of drug-likeness (QED) is 0.382. The maximum absolute atomic E-state index is 12.9. The van der Waals surface area contributed by atoms with Gasteiger partial charge in [0.05, 0.1) is 41.5 Å². The molecular weight excluding hydrogens is 559 g/mol. The molecule has 0 bridgehead atoms. The fraction of sp³-hybridized carbons (Fsp3) is 0.310. The molecule has 0 aliphatic carbocycles. The molecule has 0 radical (unpaired) electrons. The van der Waals surface area contributed by atoms with Crippen molar-refractivity contribution in [1.29, 1.82) is 5.26 Å². The summed E-state index contributed by atoms with van der Waals surface area (Å²) in [4.78, 5) is 14.9. The molecule has 3 atom stereocenters. The van der Waals surface area contributed by atoms with Crippen molar-refractivity contribution >= 4 is 21.4 Å². The minimum absolute atomic E-state index is 0.0378. The predicted molar refractivity (Wildman–Crippen MR) is 145 cm³/mol. The summed E-state index contributed by atoms with van der Waals surface area (Å²) in [5.74, 6) is -0.772. The summed E-state index contributed by atoms with van der Waals surface area (Å²) in [7, 11) is -3.37. The van der Waals surface area contributed by atoms with Crippen molar-refractivity contribution < 1.29 is 36.2 Å². The summed E-state index contributed by atoms with van der Waals surface area (Å²) in [6, 6.07) is 18.4. The van der Waals surface area contributed by atoms with Gasteiger partial charge in [-0.25, -0.2) is 8.42 Å². The number of carbonyl (C=O) groups is 1. The van der Waals surface area contributed by atoms with Crippen molar-refractivity contribution in [3.8, 4) is 11.8 Å². The molecule has 0 spiro atoms. The number of nitrogens with zero attached hydrogens (tertiary/aromatic N) is 2. The summed E-state index contributed by atoms with van der Waals surface area (Å²) in [5.41, 5.74) is 0.813. The highest BCUT2D eigenvalue weighted by Gasteiger charge is 2.35. The molecule has 1 saturated heterocycles. The van der Waals surface area contributed by atoms with Crippen LogP contribution in [0.3, 0.4) is 0 Å². The molecule has 216 valence electrons. The van der Waals surface area contributed by atoms with Gasteiger partial charge in [-0.05, 0) is 66.2 Å². The number of rotatable bonds is 9. The Morgan fingerprint density at radius 3 is 2.24 bits per heavy atom. The minimum Gasteiger partial charge on any atom is -0.487 e. The van der Waals surface area contributed by atoms with E-state index >= 15 is 0 Å². The van der Waals surface area contributed by atoms with Crippen LogP contribution in [0.4, 0.5) is 18.9 Å². The molecule has 1 fully saturated rings. The van der Waals surface area contributed by atoms with Gasteiger partial charge in [-0.2, -0.15) is 18.4 Å². The summed E-state index contributed by atoms with van der Waals surface area (Å²) in [5, 5.41) is 22.2. The van der Waals surface area contributed by atoms with E-state index < -0.39 is 52.2 Å². The predicted octanol–water partition coefficient (Wildman–Crippen LogP) is 4.37. The van der Waals surface area contributed by atoms with Crippen LogP contribution in [0.5, 0.6) is 5.75 Å². The van der Waals surface area contributed by atoms with Crippen molar-refractivity contribution in [1.82, 2.24) is 5.32 Å². The molecule has 41 heavy (non-hydrogen) atoms. The maximum Gasteiger partial charge on any atom is 0.416 e. The minimum atomic E-state index is -4.45. The standard InChI is InChI=1S/C29H28F3N3O5S/c1-2-41(38,39)25-13-5-19(6-14-25)26(18-36)34-28(37)20-3-9-23(10-4-20)35-16-21(15-33)27(17-35)40-24-11-7-22(8-12-24)29(30,31)32/h3-14,21,26-27,36H,2,16-18H2,1H3,(H,34,37)/t21?,26-,27?/m0/s1. The molecule has 8 nitrogen and oxygen atoms in total. The van der Waals surface area contributed by atoms with Gasteiger partial charge in [0.25, 0.3) is 5.91 Å². The molecule has 3 aromatic carbocycles. The average Bonchev–Trinajstić information content (AvgIpc) is 3.38. The van der Waals surface area contributed by atoms with Gasteiger partial charge in [-0.3, -0.25) is 4.79 Å². The Morgan fingerprint density at radius 1 is 1.07 bits per heavy atom. The molecule has 0 aromatic heterocycles. The molecule has 1 heterocycles. The number of amides is 1. The monoisotopic (exact) mass is 587 g/mol. The summed E-state index contributed by atoms with van der Waals surface area (Å²) >= 11 is 0. The van der Waals surface area contributed by atoms with Gasteiger partial charge in [0.15, 0.2) is 9.84 Å². The molecule has 1 aliphatic rings. The van der Waals surface area contributed by atoms with Crippen LogP contribution >= 0.6 is 0 Å². The first-order chi connectivity index (χ1) is 19.4. The van der Waals surface area contributed by atoms with E-state index in [0.717, 1.165) is 17.8 Å². The maximum atomic E-state index is 12.9. The fourth-order valence-electron chi connectivity index (χ4n) is 4.50. The third kappa shape index (κ3) is 6.99. The Bertz CT molecular complexity index is 1500. The van der Waals surface area contributed by atoms with Crippen molar-refractivity contribution in [2.75, 3.05) is 30.3 Å². The van der Waals surface area contributed by atoms with Crippen LogP contribution < -0.4 is 15.0 Å². The van der Waals surface area contributed by atoms with Crippen LogP contribution in [0.25, 0.3) is 0 Å². The number of aliphatic hydroxyl groups is 1. The number of anilines is 1. The lowest BCUT2D eigenvalue weighted by Gasteiger charge is -2.20. The van der Waals surface area contributed by atoms with Crippen LogP contribution in [-0.2, 0) is 16.0 Å². The Labute approximate surface area is 235 Å². The Kier molecular flexibility index (Phi) is 8.89. The highest BCUT2D eigenvalue weighted by molar-refractivity contribution is 7.91. The average molecular weight is 588 g/mol. The van der Waals surface area contributed by atoms with Gasteiger partial charge in [0.2, 0.25) is 0 Å². The summed E-state index contributed by atoms with van der Waals surface area (Å²) < 4.78 is 68.4. The lowest BCUT2D eigenvalue weighted by Crippen LogP contribution is -2.31. The molecule has 12 heteroatoms. The highest BCUT2D eigenvalue weighted by atomic mass is 32.2. The first kappa shape index (κ1) is 29.9. The molecule has 0 saturated carbocycles. The van der Waals surface area contributed by atoms with Crippen LogP contribution in [0.2, 0.25) is 0 Å². The van der Waals surface area contributed by atoms with Gasteiger partial charge in [0.1, 0.15) is 17.8 Å². The van der Waals surface area contributed by atoms with Gasteiger partial charge in [0, 0.05) is 17.8 Å². The number of alkyl halides is 3. The molecule has 2 N–H and O–H groups in total. The normalized spacial score (nSPS) is 18.0. The van der Waals surface area contributed by atoms with Gasteiger partial charge in [-0.1, -0.05) is 19.1 Å². The van der Waals surface area contributed by atoms with Crippen molar-refractivity contribution in [3.63, 3.8) is 0 Å². The number of sulfone groups is 1. The highest BCUT2D eigenvalue weighted by Crippen LogP contribution is 2.32. The van der Waals surface area contributed by atoms with E-state index in [4.69, 9.17) is 4.74 Å². The molecule has 3 aromatic rings. The largest absolute Gasteiger partial charge is 0.487 e. The number of hydrogen-bond donors (Lipinski definition) is 2. The zero-order valence-electron chi connectivity index (χ0n) is 22.0. The lowest BCUT2D eigenvalue weighted by atomic mass is 10.1. The second-order valence-electron chi connectivity index (χ2n) is 9.55. The molecule has 4 rings (SSSR count). The third-order valence-electron chi connectivity index (χ3n) is 6.91. The number of nitrogens with one attached hydrogen (secondary N) is 1. The van der Waals surface area contributed by atoms with Crippen LogP contribution in [-0.4, -0.2) is 51.0 Å². The number of halogens is 3. The number of hydrogen-bond acceptors (Lipinski definition) is 7. The van der Waals surface area contributed by atoms with Gasteiger partial charge >= 0.3 is 6.18 Å². The van der Waals surface area contributed by atoms with Crippen molar-refractivity contribution in [2.45, 2.75) is 30.1 Å². The Hall–Kier alpha value is -4.08. The van der Waals surface area contributed by atoms with Crippen LogP contribution in [0.15, 0.2) is 77.7 Å². The van der Waals surface area contributed by atoms with Crippen molar-refractivity contribution in [3.05, 3.63) is 89.5 Å². The number of aliphatic hydroxyl groups excluding tert-OH is 1. The Balaban J connectivity index is 1.39. The lowest BCUT2D eigenvalue weighted by molar-refractivity contribution is -0.137. The second kappa shape index (κ2) is 12.2. The van der Waals surface area contributed by atoms with E-state index in [9.17, 15) is 36.8 Å². The zero-order valence-corrected chi connectivity index (χ0v) is 22.8. The molecule has 1 aliphatic heterocycles. The van der Waals surface area contributed by atoms with Gasteiger partial charge in [-0.15, -0.1) is 0 Å². The zero-order chi connectivity index (χ0) is 29.8. The molecule has 2 unspecified atom stereocenters.